The van der Waals surface area contributed by atoms with Gasteiger partial charge >= 0.3 is 5.97 Å². The van der Waals surface area contributed by atoms with E-state index >= 15 is 0 Å². The summed E-state index contributed by atoms with van der Waals surface area (Å²) in [6.07, 6.45) is 4.63. The predicted octanol–water partition coefficient (Wildman–Crippen LogP) is 5.46. The van der Waals surface area contributed by atoms with Crippen molar-refractivity contribution in [1.82, 2.24) is 5.32 Å². The summed E-state index contributed by atoms with van der Waals surface area (Å²) in [6, 6.07) is 18.4. The van der Waals surface area contributed by atoms with E-state index in [2.05, 4.69) is 26.1 Å². The average molecular weight is 406 g/mol. The van der Waals surface area contributed by atoms with Crippen LogP contribution in [-0.4, -0.2) is 18.0 Å². The van der Waals surface area contributed by atoms with E-state index in [0.717, 1.165) is 24.8 Å². The smallest absolute Gasteiger partial charge is 0.355 e. The van der Waals surface area contributed by atoms with Crippen molar-refractivity contribution in [2.24, 2.45) is 17.8 Å². The number of amides is 1. The molecule has 1 amide bonds. The summed E-state index contributed by atoms with van der Waals surface area (Å²) >= 11 is 0. The van der Waals surface area contributed by atoms with E-state index in [0.29, 0.717) is 23.3 Å². The summed E-state index contributed by atoms with van der Waals surface area (Å²) in [5, 5.41) is 2.77. The highest BCUT2D eigenvalue weighted by atomic mass is 16.5. The summed E-state index contributed by atoms with van der Waals surface area (Å²) in [7, 11) is 0. The van der Waals surface area contributed by atoms with E-state index in [4.69, 9.17) is 4.74 Å². The maximum atomic E-state index is 13.2. The Balaban J connectivity index is 1.82. The van der Waals surface area contributed by atoms with E-state index < -0.39 is 5.97 Å². The largest absolute Gasteiger partial charge is 0.457 e. The van der Waals surface area contributed by atoms with Gasteiger partial charge in [-0.2, -0.15) is 0 Å². The van der Waals surface area contributed by atoms with Crippen molar-refractivity contribution in [3.8, 4) is 0 Å². The molecular weight excluding hydrogens is 374 g/mol. The summed E-state index contributed by atoms with van der Waals surface area (Å²) in [5.74, 6) is 0.502. The van der Waals surface area contributed by atoms with Gasteiger partial charge in [-0.25, -0.2) is 4.79 Å². The van der Waals surface area contributed by atoms with Gasteiger partial charge in [0.2, 0.25) is 0 Å². The number of rotatable bonds is 6. The minimum Gasteiger partial charge on any atom is -0.457 e. The minimum atomic E-state index is -0.479. The number of hydrogen-bond acceptors (Lipinski definition) is 3. The van der Waals surface area contributed by atoms with Gasteiger partial charge in [-0.1, -0.05) is 75.7 Å². The summed E-state index contributed by atoms with van der Waals surface area (Å²) < 4.78 is 5.98. The van der Waals surface area contributed by atoms with Crippen LogP contribution in [0.1, 0.15) is 56.0 Å². The molecule has 2 aromatic rings. The SMILES string of the molecule is CC(C)[C@@H]1CC[C@@H](C)C[C@H]1OC(=O)/C(=C/c1ccccc1)NC(=O)c1ccccc1. The molecule has 0 bridgehead atoms. The highest BCUT2D eigenvalue weighted by molar-refractivity contribution is 6.03. The zero-order chi connectivity index (χ0) is 21.5. The third-order valence-corrected chi connectivity index (χ3v) is 5.83. The molecule has 0 heterocycles. The van der Waals surface area contributed by atoms with Crippen LogP contribution in [0.3, 0.4) is 0 Å². The van der Waals surface area contributed by atoms with E-state index in [1.165, 1.54) is 0 Å². The van der Waals surface area contributed by atoms with Crippen molar-refractivity contribution in [2.75, 3.05) is 0 Å². The number of ether oxygens (including phenoxy) is 1. The quantitative estimate of drug-likeness (QED) is 0.513. The van der Waals surface area contributed by atoms with Gasteiger partial charge in [0.05, 0.1) is 0 Å². The van der Waals surface area contributed by atoms with Crippen LogP contribution in [0.4, 0.5) is 0 Å². The molecule has 4 heteroatoms. The van der Waals surface area contributed by atoms with E-state index in [1.807, 2.05) is 36.4 Å². The predicted molar refractivity (Wildman–Crippen MR) is 120 cm³/mol. The fraction of sp³-hybridized carbons (Fsp3) is 0.385. The lowest BCUT2D eigenvalue weighted by molar-refractivity contribution is -0.151. The van der Waals surface area contributed by atoms with Crippen molar-refractivity contribution in [2.45, 2.75) is 46.1 Å². The summed E-state index contributed by atoms with van der Waals surface area (Å²) in [5.41, 5.74) is 1.49. The molecule has 1 saturated carbocycles. The Labute approximate surface area is 179 Å². The molecule has 0 spiro atoms. The highest BCUT2D eigenvalue weighted by Crippen LogP contribution is 2.35. The van der Waals surface area contributed by atoms with Gasteiger partial charge in [-0.15, -0.1) is 0 Å². The molecule has 0 saturated heterocycles. The van der Waals surface area contributed by atoms with Gasteiger partial charge in [-0.05, 0) is 54.4 Å². The van der Waals surface area contributed by atoms with Gasteiger partial charge < -0.3 is 10.1 Å². The molecule has 0 aromatic heterocycles. The molecule has 0 aliphatic heterocycles. The van der Waals surface area contributed by atoms with Gasteiger partial charge in [0, 0.05) is 5.56 Å². The van der Waals surface area contributed by atoms with Crippen LogP contribution in [0.25, 0.3) is 6.08 Å². The Kier molecular flexibility index (Phi) is 7.45. The fourth-order valence-electron chi connectivity index (χ4n) is 4.10. The van der Waals surface area contributed by atoms with Crippen LogP contribution >= 0.6 is 0 Å². The van der Waals surface area contributed by atoms with Gasteiger partial charge in [0.25, 0.3) is 5.91 Å². The molecule has 3 rings (SSSR count). The van der Waals surface area contributed by atoms with Crippen molar-refractivity contribution in [3.63, 3.8) is 0 Å². The Morgan fingerprint density at radius 3 is 2.27 bits per heavy atom. The number of carbonyl (C=O) groups is 2. The lowest BCUT2D eigenvalue weighted by atomic mass is 9.75. The molecule has 1 aliphatic rings. The number of benzene rings is 2. The van der Waals surface area contributed by atoms with Crippen LogP contribution in [0, 0.1) is 17.8 Å². The minimum absolute atomic E-state index is 0.131. The second-order valence-corrected chi connectivity index (χ2v) is 8.56. The number of nitrogens with one attached hydrogen (secondary N) is 1. The molecule has 1 fully saturated rings. The van der Waals surface area contributed by atoms with Crippen molar-refractivity contribution in [1.29, 1.82) is 0 Å². The lowest BCUT2D eigenvalue weighted by Gasteiger charge is -2.36. The molecule has 1 aliphatic carbocycles. The Morgan fingerprint density at radius 1 is 1.00 bits per heavy atom. The first-order valence-corrected chi connectivity index (χ1v) is 10.8. The van der Waals surface area contributed by atoms with Crippen LogP contribution in [0.2, 0.25) is 0 Å². The lowest BCUT2D eigenvalue weighted by Crippen LogP contribution is -2.38. The average Bonchev–Trinajstić information content (AvgIpc) is 2.74. The molecule has 158 valence electrons. The van der Waals surface area contributed by atoms with Crippen LogP contribution in [0.15, 0.2) is 66.4 Å². The zero-order valence-electron chi connectivity index (χ0n) is 18.0. The topological polar surface area (TPSA) is 55.4 Å². The summed E-state index contributed by atoms with van der Waals surface area (Å²) in [4.78, 5) is 25.9. The molecular formula is C26H31NO3. The first-order valence-electron chi connectivity index (χ1n) is 10.8. The molecule has 4 nitrogen and oxygen atoms in total. The maximum absolute atomic E-state index is 13.2. The van der Waals surface area contributed by atoms with Gasteiger partial charge in [0.1, 0.15) is 11.8 Å². The second-order valence-electron chi connectivity index (χ2n) is 8.56. The second kappa shape index (κ2) is 10.2. The normalized spacial score (nSPS) is 21.9. The zero-order valence-corrected chi connectivity index (χ0v) is 18.0. The maximum Gasteiger partial charge on any atom is 0.355 e. The van der Waals surface area contributed by atoms with E-state index in [1.54, 1.807) is 30.3 Å². The van der Waals surface area contributed by atoms with E-state index in [9.17, 15) is 9.59 Å². The molecule has 1 N–H and O–H groups in total. The Morgan fingerprint density at radius 2 is 1.63 bits per heavy atom. The van der Waals surface area contributed by atoms with Gasteiger partial charge in [-0.3, -0.25) is 4.79 Å². The number of carbonyl (C=O) groups excluding carboxylic acids is 2. The van der Waals surface area contributed by atoms with Gasteiger partial charge in [0.15, 0.2) is 0 Å². The number of hydrogen-bond donors (Lipinski definition) is 1. The van der Waals surface area contributed by atoms with Crippen molar-refractivity contribution in [3.05, 3.63) is 77.5 Å². The highest BCUT2D eigenvalue weighted by Gasteiger charge is 2.34. The first-order chi connectivity index (χ1) is 14.4. The first kappa shape index (κ1) is 21.8. The third kappa shape index (κ3) is 5.82. The fourth-order valence-corrected chi connectivity index (χ4v) is 4.10. The van der Waals surface area contributed by atoms with Crippen LogP contribution in [0.5, 0.6) is 0 Å². The van der Waals surface area contributed by atoms with E-state index in [-0.39, 0.29) is 17.7 Å². The molecule has 0 radical (unpaired) electrons. The monoisotopic (exact) mass is 405 g/mol. The van der Waals surface area contributed by atoms with Crippen LogP contribution in [-0.2, 0) is 9.53 Å². The van der Waals surface area contributed by atoms with Crippen LogP contribution < -0.4 is 5.32 Å². The van der Waals surface area contributed by atoms with Crippen molar-refractivity contribution >= 4 is 18.0 Å². The Hall–Kier alpha value is -2.88. The number of esters is 1. The molecule has 0 unspecified atom stereocenters. The summed E-state index contributed by atoms with van der Waals surface area (Å²) in [6.45, 7) is 6.56. The molecule has 30 heavy (non-hydrogen) atoms. The van der Waals surface area contributed by atoms with Crippen molar-refractivity contribution < 1.29 is 14.3 Å². The standard InChI is InChI=1S/C26H31NO3/c1-18(2)22-15-14-19(3)16-24(22)30-26(29)23(17-20-10-6-4-7-11-20)27-25(28)21-12-8-5-9-13-21/h4-13,17-19,22,24H,14-16H2,1-3H3,(H,27,28)/b23-17-/t19-,22+,24-/m1/s1. The Bertz CT molecular complexity index is 874. The molecule has 3 atom stereocenters. The third-order valence-electron chi connectivity index (χ3n) is 5.83. The molecule has 2 aromatic carbocycles.